The number of thiazole rings is 1. The largest absolute Gasteiger partial charge is 0.477 e. The van der Waals surface area contributed by atoms with Crippen molar-refractivity contribution >= 4 is 35.1 Å². The molecule has 0 aliphatic heterocycles. The summed E-state index contributed by atoms with van der Waals surface area (Å²) in [5.41, 5.74) is -0.192. The molecule has 0 atom stereocenters. The van der Waals surface area contributed by atoms with Crippen LogP contribution in [0.1, 0.15) is 20.2 Å². The van der Waals surface area contributed by atoms with Crippen LogP contribution in [0, 0.1) is 15.9 Å². The standard InChI is InChI=1S/C12H7FN2O4S/c13-8-3-1-7(5-9(8)15(18)19)2-4-11-14-6-10(20-11)12(16)17/h1-6H,(H,16,17)/b4-2+. The molecule has 0 aliphatic rings. The van der Waals surface area contributed by atoms with E-state index in [9.17, 15) is 19.3 Å². The number of aromatic nitrogens is 1. The third-order valence-corrected chi connectivity index (χ3v) is 3.27. The van der Waals surface area contributed by atoms with Crippen molar-refractivity contribution in [3.8, 4) is 0 Å². The summed E-state index contributed by atoms with van der Waals surface area (Å²) >= 11 is 0.968. The van der Waals surface area contributed by atoms with E-state index in [1.54, 1.807) is 0 Å². The van der Waals surface area contributed by atoms with Crippen LogP contribution >= 0.6 is 11.3 Å². The van der Waals surface area contributed by atoms with E-state index in [0.717, 1.165) is 23.5 Å². The smallest absolute Gasteiger partial charge is 0.347 e. The van der Waals surface area contributed by atoms with Gasteiger partial charge in [-0.25, -0.2) is 9.78 Å². The number of carboxylic acid groups (broad SMARTS) is 1. The molecule has 0 spiro atoms. The predicted octanol–water partition coefficient (Wildman–Crippen LogP) is 3.06. The molecule has 1 aromatic heterocycles. The summed E-state index contributed by atoms with van der Waals surface area (Å²) in [7, 11) is 0. The van der Waals surface area contributed by atoms with Gasteiger partial charge in [-0.05, 0) is 17.7 Å². The molecular formula is C12H7FN2O4S. The molecule has 0 saturated carbocycles. The van der Waals surface area contributed by atoms with Gasteiger partial charge in [0, 0.05) is 6.07 Å². The fourth-order valence-corrected chi connectivity index (χ4v) is 2.06. The fourth-order valence-electron chi connectivity index (χ4n) is 1.40. The molecule has 2 aromatic rings. The van der Waals surface area contributed by atoms with Crippen LogP contribution in [0.3, 0.4) is 0 Å². The van der Waals surface area contributed by atoms with Crippen molar-refractivity contribution in [2.75, 3.05) is 0 Å². The average molecular weight is 294 g/mol. The van der Waals surface area contributed by atoms with E-state index in [1.807, 2.05) is 0 Å². The number of hydrogen-bond donors (Lipinski definition) is 1. The number of carbonyl (C=O) groups is 1. The van der Waals surface area contributed by atoms with E-state index in [-0.39, 0.29) is 4.88 Å². The maximum Gasteiger partial charge on any atom is 0.347 e. The molecule has 0 aliphatic carbocycles. The zero-order valence-electron chi connectivity index (χ0n) is 9.82. The van der Waals surface area contributed by atoms with Gasteiger partial charge in [0.05, 0.1) is 11.1 Å². The topological polar surface area (TPSA) is 93.3 Å². The zero-order valence-corrected chi connectivity index (χ0v) is 10.6. The molecule has 1 N–H and O–H groups in total. The van der Waals surface area contributed by atoms with Gasteiger partial charge in [0.25, 0.3) is 0 Å². The molecule has 2 rings (SSSR count). The minimum atomic E-state index is -1.07. The van der Waals surface area contributed by atoms with E-state index in [2.05, 4.69) is 4.98 Å². The molecule has 6 nitrogen and oxygen atoms in total. The van der Waals surface area contributed by atoms with E-state index < -0.39 is 22.4 Å². The number of halogens is 1. The van der Waals surface area contributed by atoms with Crippen molar-refractivity contribution < 1.29 is 19.2 Å². The van der Waals surface area contributed by atoms with Gasteiger partial charge in [0.15, 0.2) is 0 Å². The highest BCUT2D eigenvalue weighted by Crippen LogP contribution is 2.21. The molecule has 20 heavy (non-hydrogen) atoms. The van der Waals surface area contributed by atoms with Crippen LogP contribution in [0.2, 0.25) is 0 Å². The zero-order chi connectivity index (χ0) is 14.7. The lowest BCUT2D eigenvalue weighted by atomic mass is 10.2. The third-order valence-electron chi connectivity index (χ3n) is 2.32. The first-order valence-electron chi connectivity index (χ1n) is 5.28. The molecule has 102 valence electrons. The molecule has 8 heteroatoms. The first-order chi connectivity index (χ1) is 9.47. The van der Waals surface area contributed by atoms with Gasteiger partial charge in [-0.1, -0.05) is 12.1 Å². The maximum absolute atomic E-state index is 13.1. The molecule has 0 radical (unpaired) electrons. The molecule has 0 saturated heterocycles. The molecular weight excluding hydrogens is 287 g/mol. The van der Waals surface area contributed by atoms with E-state index in [1.165, 1.54) is 24.4 Å². The Morgan fingerprint density at radius 2 is 2.20 bits per heavy atom. The fraction of sp³-hybridized carbons (Fsp3) is 0. The number of nitro groups is 1. The highest BCUT2D eigenvalue weighted by atomic mass is 32.1. The molecule has 1 aromatic carbocycles. The number of nitro benzene ring substituents is 1. The first-order valence-corrected chi connectivity index (χ1v) is 6.10. The Labute approximate surface area is 116 Å². The number of aromatic carboxylic acids is 1. The minimum absolute atomic E-state index is 0.0923. The minimum Gasteiger partial charge on any atom is -0.477 e. The Morgan fingerprint density at radius 1 is 1.45 bits per heavy atom. The summed E-state index contributed by atoms with van der Waals surface area (Å²) in [5.74, 6) is -1.98. The van der Waals surface area contributed by atoms with E-state index in [0.29, 0.717) is 10.6 Å². The Hall–Kier alpha value is -2.61. The van der Waals surface area contributed by atoms with E-state index in [4.69, 9.17) is 5.11 Å². The van der Waals surface area contributed by atoms with Crippen LogP contribution in [0.5, 0.6) is 0 Å². The van der Waals surface area contributed by atoms with Crippen molar-refractivity contribution in [3.63, 3.8) is 0 Å². The highest BCUT2D eigenvalue weighted by Gasteiger charge is 2.13. The van der Waals surface area contributed by atoms with Crippen molar-refractivity contribution in [1.82, 2.24) is 4.98 Å². The lowest BCUT2D eigenvalue weighted by Gasteiger charge is -1.95. The normalized spacial score (nSPS) is 10.8. The van der Waals surface area contributed by atoms with Crippen LogP contribution < -0.4 is 0 Å². The summed E-state index contributed by atoms with van der Waals surface area (Å²) in [6.07, 6.45) is 4.23. The summed E-state index contributed by atoms with van der Waals surface area (Å²) in [5, 5.41) is 19.8. The summed E-state index contributed by atoms with van der Waals surface area (Å²) in [6.45, 7) is 0. The van der Waals surface area contributed by atoms with Crippen LogP contribution in [-0.4, -0.2) is 21.0 Å². The quantitative estimate of drug-likeness (QED) is 0.691. The molecule has 0 unspecified atom stereocenters. The number of hydrogen-bond acceptors (Lipinski definition) is 5. The van der Waals surface area contributed by atoms with Crippen LogP contribution in [0.4, 0.5) is 10.1 Å². The van der Waals surface area contributed by atoms with Crippen LogP contribution in [0.25, 0.3) is 12.2 Å². The Morgan fingerprint density at radius 3 is 2.80 bits per heavy atom. The van der Waals surface area contributed by atoms with Crippen LogP contribution in [0.15, 0.2) is 24.4 Å². The summed E-state index contributed by atoms with van der Waals surface area (Å²) < 4.78 is 13.1. The Bertz CT molecular complexity index is 711. The Balaban J connectivity index is 2.24. The van der Waals surface area contributed by atoms with E-state index >= 15 is 0 Å². The highest BCUT2D eigenvalue weighted by molar-refractivity contribution is 7.14. The Kier molecular flexibility index (Phi) is 3.85. The number of carboxylic acids is 1. The van der Waals surface area contributed by atoms with Gasteiger partial charge in [-0.2, -0.15) is 4.39 Å². The van der Waals surface area contributed by atoms with Crippen molar-refractivity contribution in [3.05, 3.63) is 55.8 Å². The lowest BCUT2D eigenvalue weighted by Crippen LogP contribution is -1.92. The van der Waals surface area contributed by atoms with Crippen molar-refractivity contribution in [2.24, 2.45) is 0 Å². The van der Waals surface area contributed by atoms with Gasteiger partial charge in [0.2, 0.25) is 5.82 Å². The molecule has 1 heterocycles. The maximum atomic E-state index is 13.1. The second-order valence-corrected chi connectivity index (χ2v) is 4.73. The monoisotopic (exact) mass is 294 g/mol. The van der Waals surface area contributed by atoms with Crippen LogP contribution in [-0.2, 0) is 0 Å². The molecule has 0 amide bonds. The van der Waals surface area contributed by atoms with Gasteiger partial charge < -0.3 is 5.11 Å². The number of nitrogens with zero attached hydrogens (tertiary/aromatic N) is 2. The lowest BCUT2D eigenvalue weighted by molar-refractivity contribution is -0.387. The van der Waals surface area contributed by atoms with Crippen molar-refractivity contribution in [1.29, 1.82) is 0 Å². The second kappa shape index (κ2) is 5.57. The average Bonchev–Trinajstić information content (AvgIpc) is 2.86. The predicted molar refractivity (Wildman–Crippen MR) is 71.1 cm³/mol. The molecule has 0 bridgehead atoms. The summed E-state index contributed by atoms with van der Waals surface area (Å²) in [6, 6.07) is 3.48. The van der Waals surface area contributed by atoms with Gasteiger partial charge in [-0.3, -0.25) is 10.1 Å². The van der Waals surface area contributed by atoms with Gasteiger partial charge >= 0.3 is 11.7 Å². The number of benzene rings is 1. The molecule has 0 fully saturated rings. The first kappa shape index (κ1) is 13.8. The third kappa shape index (κ3) is 3.04. The number of rotatable bonds is 4. The van der Waals surface area contributed by atoms with Crippen molar-refractivity contribution in [2.45, 2.75) is 0 Å². The summed E-state index contributed by atoms with van der Waals surface area (Å²) in [4.78, 5) is 24.4. The SMILES string of the molecule is O=C(O)c1cnc(/C=C/c2ccc(F)c([N+](=O)[O-])c2)s1. The second-order valence-electron chi connectivity index (χ2n) is 3.67. The van der Waals surface area contributed by atoms with Gasteiger partial charge in [0.1, 0.15) is 9.88 Å². The van der Waals surface area contributed by atoms with Gasteiger partial charge in [-0.15, -0.1) is 11.3 Å².